The number of carbonyl (C=O) groups is 1. The molecule has 106 valence electrons. The van der Waals surface area contributed by atoms with E-state index in [0.717, 1.165) is 5.56 Å². The molecular formula is C15H13ClN4O. The van der Waals surface area contributed by atoms with Crippen molar-refractivity contribution in [2.75, 3.05) is 6.54 Å². The van der Waals surface area contributed by atoms with Crippen LogP contribution in [0.3, 0.4) is 0 Å². The summed E-state index contributed by atoms with van der Waals surface area (Å²) in [6.07, 6.45) is 5.14. The molecule has 0 aliphatic heterocycles. The molecule has 0 saturated carbocycles. The lowest BCUT2D eigenvalue weighted by Gasteiger charge is -2.22. The summed E-state index contributed by atoms with van der Waals surface area (Å²) >= 11 is 5.96. The van der Waals surface area contributed by atoms with Crippen LogP contribution < -0.4 is 0 Å². The topological polar surface area (TPSA) is 69.9 Å². The van der Waals surface area contributed by atoms with Gasteiger partial charge in [0.2, 0.25) is 0 Å². The minimum atomic E-state index is -0.243. The van der Waals surface area contributed by atoms with E-state index in [0.29, 0.717) is 18.7 Å². The summed E-state index contributed by atoms with van der Waals surface area (Å²) < 4.78 is 0. The maximum atomic E-state index is 12.5. The van der Waals surface area contributed by atoms with Crippen LogP contribution in [0.4, 0.5) is 0 Å². The van der Waals surface area contributed by atoms with Gasteiger partial charge in [0.25, 0.3) is 5.91 Å². The van der Waals surface area contributed by atoms with Crippen molar-refractivity contribution < 1.29 is 4.79 Å². The summed E-state index contributed by atoms with van der Waals surface area (Å²) in [7, 11) is 0. The minimum Gasteiger partial charge on any atom is -0.333 e. The van der Waals surface area contributed by atoms with E-state index in [2.05, 4.69) is 9.97 Å². The average molecular weight is 301 g/mol. The number of hydrogen-bond acceptors (Lipinski definition) is 4. The van der Waals surface area contributed by atoms with Gasteiger partial charge in [-0.3, -0.25) is 9.78 Å². The summed E-state index contributed by atoms with van der Waals surface area (Å²) in [6, 6.07) is 9.01. The van der Waals surface area contributed by atoms with Crippen molar-refractivity contribution in [2.24, 2.45) is 0 Å². The van der Waals surface area contributed by atoms with Crippen molar-refractivity contribution in [3.05, 3.63) is 59.1 Å². The third-order valence-electron chi connectivity index (χ3n) is 2.87. The Bertz CT molecular complexity index is 654. The maximum Gasteiger partial charge on any atom is 0.257 e. The van der Waals surface area contributed by atoms with Crippen LogP contribution in [0.1, 0.15) is 22.3 Å². The standard InChI is InChI=1S/C15H13ClN4O/c16-14-13(5-2-8-19-14)15(21)20(9-3-6-17)11-12-4-1-7-18-10-12/h1-2,4-5,7-8,10H,3,9,11H2. The summed E-state index contributed by atoms with van der Waals surface area (Å²) in [4.78, 5) is 22.1. The predicted molar refractivity (Wildman–Crippen MR) is 78.5 cm³/mol. The third-order valence-corrected chi connectivity index (χ3v) is 3.17. The summed E-state index contributed by atoms with van der Waals surface area (Å²) in [5, 5.41) is 8.91. The van der Waals surface area contributed by atoms with E-state index in [-0.39, 0.29) is 17.5 Å². The molecule has 0 atom stereocenters. The molecule has 0 fully saturated rings. The molecule has 1 amide bonds. The van der Waals surface area contributed by atoms with E-state index in [1.807, 2.05) is 12.1 Å². The first kappa shape index (κ1) is 14.9. The third kappa shape index (κ3) is 4.01. The Labute approximate surface area is 127 Å². The molecule has 2 aromatic rings. The molecule has 2 aromatic heterocycles. The number of aromatic nitrogens is 2. The van der Waals surface area contributed by atoms with Crippen LogP contribution in [-0.2, 0) is 6.54 Å². The first-order valence-electron chi connectivity index (χ1n) is 6.38. The highest BCUT2D eigenvalue weighted by Gasteiger charge is 2.19. The largest absolute Gasteiger partial charge is 0.333 e. The second-order valence-electron chi connectivity index (χ2n) is 4.34. The van der Waals surface area contributed by atoms with Gasteiger partial charge in [0.05, 0.1) is 18.1 Å². The van der Waals surface area contributed by atoms with Crippen molar-refractivity contribution >= 4 is 17.5 Å². The molecule has 5 nitrogen and oxygen atoms in total. The van der Waals surface area contributed by atoms with Gasteiger partial charge >= 0.3 is 0 Å². The lowest BCUT2D eigenvalue weighted by molar-refractivity contribution is 0.0746. The Morgan fingerprint density at radius 1 is 1.33 bits per heavy atom. The minimum absolute atomic E-state index is 0.163. The fourth-order valence-electron chi connectivity index (χ4n) is 1.87. The van der Waals surface area contributed by atoms with Crippen LogP contribution in [0.25, 0.3) is 0 Å². The summed E-state index contributed by atoms with van der Waals surface area (Å²) in [6.45, 7) is 0.703. The molecule has 0 aliphatic rings. The first-order valence-corrected chi connectivity index (χ1v) is 6.76. The number of carbonyl (C=O) groups excluding carboxylic acids is 1. The van der Waals surface area contributed by atoms with Crippen molar-refractivity contribution in [1.82, 2.24) is 14.9 Å². The number of nitriles is 1. The van der Waals surface area contributed by atoms with Gasteiger partial charge < -0.3 is 4.90 Å². The normalized spacial score (nSPS) is 9.90. The zero-order valence-electron chi connectivity index (χ0n) is 11.2. The number of halogens is 1. The lowest BCUT2D eigenvalue weighted by Crippen LogP contribution is -2.31. The second kappa shape index (κ2) is 7.36. The van der Waals surface area contributed by atoms with Gasteiger partial charge in [-0.1, -0.05) is 17.7 Å². The number of nitrogens with zero attached hydrogens (tertiary/aromatic N) is 4. The van der Waals surface area contributed by atoms with Gasteiger partial charge in [0.1, 0.15) is 5.15 Å². The van der Waals surface area contributed by atoms with Crippen LogP contribution >= 0.6 is 11.6 Å². The van der Waals surface area contributed by atoms with E-state index in [4.69, 9.17) is 16.9 Å². The van der Waals surface area contributed by atoms with Crippen LogP contribution in [0, 0.1) is 11.3 Å². The Kier molecular flexibility index (Phi) is 5.24. The van der Waals surface area contributed by atoms with Crippen LogP contribution in [0.15, 0.2) is 42.9 Å². The number of pyridine rings is 2. The molecule has 0 spiro atoms. The van der Waals surface area contributed by atoms with E-state index < -0.39 is 0 Å². The monoisotopic (exact) mass is 300 g/mol. The maximum absolute atomic E-state index is 12.5. The molecule has 0 bridgehead atoms. The molecule has 2 rings (SSSR count). The van der Waals surface area contributed by atoms with Gasteiger partial charge in [0, 0.05) is 31.7 Å². The number of amides is 1. The molecule has 2 heterocycles. The van der Waals surface area contributed by atoms with Gasteiger partial charge in [-0.05, 0) is 23.8 Å². The van der Waals surface area contributed by atoms with Gasteiger partial charge in [-0.2, -0.15) is 5.26 Å². The molecule has 0 unspecified atom stereocenters. The molecule has 6 heteroatoms. The van der Waals surface area contributed by atoms with Gasteiger partial charge in [0.15, 0.2) is 0 Å². The van der Waals surface area contributed by atoms with Crippen LogP contribution in [-0.4, -0.2) is 27.3 Å². The van der Waals surface area contributed by atoms with Crippen molar-refractivity contribution in [3.63, 3.8) is 0 Å². The van der Waals surface area contributed by atoms with Crippen molar-refractivity contribution in [2.45, 2.75) is 13.0 Å². The molecule has 0 aliphatic carbocycles. The Morgan fingerprint density at radius 3 is 2.81 bits per heavy atom. The lowest BCUT2D eigenvalue weighted by atomic mass is 10.2. The smallest absolute Gasteiger partial charge is 0.257 e. The van der Waals surface area contributed by atoms with Crippen molar-refractivity contribution in [3.8, 4) is 6.07 Å². The van der Waals surface area contributed by atoms with E-state index >= 15 is 0 Å². The first-order chi connectivity index (χ1) is 10.2. The summed E-state index contributed by atoms with van der Waals surface area (Å²) in [5.74, 6) is -0.243. The fraction of sp³-hybridized carbons (Fsp3) is 0.200. The predicted octanol–water partition coefficient (Wildman–Crippen LogP) is 2.69. The molecule has 0 radical (unpaired) electrons. The quantitative estimate of drug-likeness (QED) is 0.796. The molecule has 0 saturated heterocycles. The Morgan fingerprint density at radius 2 is 2.14 bits per heavy atom. The second-order valence-corrected chi connectivity index (χ2v) is 4.70. The molecule has 0 aromatic carbocycles. The van der Waals surface area contributed by atoms with E-state index in [1.165, 1.54) is 6.20 Å². The zero-order valence-corrected chi connectivity index (χ0v) is 12.0. The van der Waals surface area contributed by atoms with Crippen LogP contribution in [0.5, 0.6) is 0 Å². The van der Waals surface area contributed by atoms with Crippen molar-refractivity contribution in [1.29, 1.82) is 5.26 Å². The highest BCUT2D eigenvalue weighted by atomic mass is 35.5. The summed E-state index contributed by atoms with van der Waals surface area (Å²) in [5.41, 5.74) is 1.23. The van der Waals surface area contributed by atoms with Gasteiger partial charge in [-0.25, -0.2) is 4.98 Å². The molecular weight excluding hydrogens is 288 g/mol. The highest BCUT2D eigenvalue weighted by molar-refractivity contribution is 6.32. The fourth-order valence-corrected chi connectivity index (χ4v) is 2.07. The highest BCUT2D eigenvalue weighted by Crippen LogP contribution is 2.16. The molecule has 0 N–H and O–H groups in total. The van der Waals surface area contributed by atoms with Crippen LogP contribution in [0.2, 0.25) is 5.15 Å². The molecule has 21 heavy (non-hydrogen) atoms. The zero-order chi connectivity index (χ0) is 15.1. The Hall–Kier alpha value is -2.45. The SMILES string of the molecule is N#CCCN(Cc1cccnc1)C(=O)c1cccnc1Cl. The Balaban J connectivity index is 2.21. The van der Waals surface area contributed by atoms with E-state index in [9.17, 15) is 4.79 Å². The number of hydrogen-bond donors (Lipinski definition) is 0. The van der Waals surface area contributed by atoms with E-state index in [1.54, 1.807) is 35.5 Å². The number of rotatable bonds is 5. The van der Waals surface area contributed by atoms with Gasteiger partial charge in [-0.15, -0.1) is 0 Å². The average Bonchev–Trinajstić information content (AvgIpc) is 2.52.